The van der Waals surface area contributed by atoms with E-state index in [1.807, 2.05) is 72.9 Å². The monoisotopic (exact) mass is 641 g/mol. The molecule has 6 aromatic carbocycles. The Morgan fingerprint density at radius 2 is 1.04 bits per heavy atom. The molecule has 4 heterocycles. The van der Waals surface area contributed by atoms with Crippen molar-refractivity contribution >= 4 is 43.9 Å². The molecule has 0 saturated carbocycles. The smallest absolute Gasteiger partial charge is 0.160 e. The molecule has 4 aromatic heterocycles. The fourth-order valence-electron chi connectivity index (χ4n) is 7.03. The van der Waals surface area contributed by atoms with Gasteiger partial charge in [-0.2, -0.15) is 0 Å². The molecule has 5 heteroatoms. The van der Waals surface area contributed by atoms with Gasteiger partial charge in [0.2, 0.25) is 0 Å². The third-order valence-corrected chi connectivity index (χ3v) is 9.43. The average molecular weight is 642 g/mol. The van der Waals surface area contributed by atoms with Gasteiger partial charge in [-0.1, -0.05) is 121 Å². The topological polar surface area (TPSA) is 65.0 Å². The summed E-state index contributed by atoms with van der Waals surface area (Å²) in [7, 11) is 0. The minimum absolute atomic E-state index is 0.659. The second kappa shape index (κ2) is 11.4. The first-order valence-corrected chi connectivity index (χ1v) is 16.6. The van der Waals surface area contributed by atoms with E-state index in [1.54, 1.807) is 6.20 Å². The van der Waals surface area contributed by atoms with Gasteiger partial charge in [-0.05, 0) is 41.5 Å². The van der Waals surface area contributed by atoms with Gasteiger partial charge in [0.25, 0.3) is 0 Å². The molecule has 234 valence electrons. The normalized spacial score (nSPS) is 11.6. The van der Waals surface area contributed by atoms with Gasteiger partial charge in [-0.25, -0.2) is 9.97 Å². The first-order chi connectivity index (χ1) is 24.8. The van der Waals surface area contributed by atoms with Crippen molar-refractivity contribution in [3.8, 4) is 56.2 Å². The van der Waals surface area contributed by atoms with E-state index in [9.17, 15) is 0 Å². The molecule has 0 unspecified atom stereocenters. The molecule has 10 aromatic rings. The molecule has 0 fully saturated rings. The first kappa shape index (κ1) is 28.2. The van der Waals surface area contributed by atoms with Crippen molar-refractivity contribution in [3.63, 3.8) is 0 Å². The van der Waals surface area contributed by atoms with E-state index in [0.29, 0.717) is 5.82 Å². The number of rotatable bonds is 5. The van der Waals surface area contributed by atoms with Crippen molar-refractivity contribution in [1.29, 1.82) is 0 Å². The molecule has 10 rings (SSSR count). The molecule has 0 spiro atoms. The Bertz CT molecular complexity index is 2850. The van der Waals surface area contributed by atoms with Crippen molar-refractivity contribution in [1.82, 2.24) is 15.0 Å². The summed E-state index contributed by atoms with van der Waals surface area (Å²) in [6.07, 6.45) is 3.67. The Kier molecular flexibility index (Phi) is 6.42. The number of hydrogen-bond donors (Lipinski definition) is 0. The summed E-state index contributed by atoms with van der Waals surface area (Å²) >= 11 is 0. The fraction of sp³-hybridized carbons (Fsp3) is 0. The Labute approximate surface area is 287 Å². The highest BCUT2D eigenvalue weighted by Gasteiger charge is 2.22. The lowest BCUT2D eigenvalue weighted by Crippen LogP contribution is -1.96. The van der Waals surface area contributed by atoms with Crippen LogP contribution in [0.2, 0.25) is 0 Å². The van der Waals surface area contributed by atoms with Crippen LogP contribution in [0.3, 0.4) is 0 Å². The molecule has 0 aliphatic rings. The summed E-state index contributed by atoms with van der Waals surface area (Å²) in [5.41, 5.74) is 12.0. The molecule has 0 radical (unpaired) electrons. The predicted octanol–water partition coefficient (Wildman–Crippen LogP) is 12.0. The van der Waals surface area contributed by atoms with Gasteiger partial charge >= 0.3 is 0 Å². The number of para-hydroxylation sites is 3. The Morgan fingerprint density at radius 3 is 1.86 bits per heavy atom. The maximum absolute atomic E-state index is 6.72. The Morgan fingerprint density at radius 1 is 0.400 bits per heavy atom. The number of pyridine rings is 1. The van der Waals surface area contributed by atoms with Crippen LogP contribution in [0.4, 0.5) is 0 Å². The van der Waals surface area contributed by atoms with Gasteiger partial charge in [0.1, 0.15) is 22.3 Å². The summed E-state index contributed by atoms with van der Waals surface area (Å²) in [6.45, 7) is 0. The van der Waals surface area contributed by atoms with E-state index < -0.39 is 0 Å². The molecular weight excluding hydrogens is 615 g/mol. The number of benzene rings is 6. The Hall–Kier alpha value is -6.85. The van der Waals surface area contributed by atoms with E-state index in [1.165, 1.54) is 0 Å². The minimum atomic E-state index is 0.659. The highest BCUT2D eigenvalue weighted by Crippen LogP contribution is 2.44. The van der Waals surface area contributed by atoms with Gasteiger partial charge in [0.15, 0.2) is 5.82 Å². The zero-order valence-electron chi connectivity index (χ0n) is 26.7. The highest BCUT2D eigenvalue weighted by molar-refractivity contribution is 6.18. The predicted molar refractivity (Wildman–Crippen MR) is 202 cm³/mol. The van der Waals surface area contributed by atoms with E-state index in [0.717, 1.165) is 94.2 Å². The van der Waals surface area contributed by atoms with Crippen molar-refractivity contribution in [2.24, 2.45) is 0 Å². The molecule has 50 heavy (non-hydrogen) atoms. The molecule has 0 aliphatic carbocycles. The van der Waals surface area contributed by atoms with Crippen LogP contribution in [-0.4, -0.2) is 15.0 Å². The average Bonchev–Trinajstić information content (AvgIpc) is 3.78. The van der Waals surface area contributed by atoms with Crippen LogP contribution in [0.1, 0.15) is 0 Å². The number of fused-ring (bicyclic) bond motifs is 6. The van der Waals surface area contributed by atoms with Crippen LogP contribution in [0, 0.1) is 0 Å². The third-order valence-electron chi connectivity index (χ3n) is 9.43. The minimum Gasteiger partial charge on any atom is -0.455 e. The summed E-state index contributed by atoms with van der Waals surface area (Å²) in [4.78, 5) is 14.6. The van der Waals surface area contributed by atoms with E-state index >= 15 is 0 Å². The zero-order chi connectivity index (χ0) is 33.0. The molecule has 0 amide bonds. The molecule has 0 atom stereocenters. The molecule has 0 aliphatic heterocycles. The Balaban J connectivity index is 1.20. The lowest BCUT2D eigenvalue weighted by Gasteiger charge is -2.12. The van der Waals surface area contributed by atoms with Crippen LogP contribution in [0.25, 0.3) is 100 Å². The summed E-state index contributed by atoms with van der Waals surface area (Å²) < 4.78 is 13.2. The molecule has 0 N–H and O–H groups in total. The number of furan rings is 2. The summed E-state index contributed by atoms with van der Waals surface area (Å²) in [6, 6.07) is 51.7. The summed E-state index contributed by atoms with van der Waals surface area (Å²) in [5.74, 6) is 0.659. The largest absolute Gasteiger partial charge is 0.455 e. The quantitative estimate of drug-likeness (QED) is 0.187. The van der Waals surface area contributed by atoms with Gasteiger partial charge in [0.05, 0.1) is 11.4 Å². The van der Waals surface area contributed by atoms with E-state index in [4.69, 9.17) is 18.8 Å². The highest BCUT2D eigenvalue weighted by atomic mass is 16.3. The summed E-state index contributed by atoms with van der Waals surface area (Å²) in [5, 5.41) is 4.20. The van der Waals surface area contributed by atoms with Crippen LogP contribution in [0.15, 0.2) is 173 Å². The van der Waals surface area contributed by atoms with Gasteiger partial charge in [0, 0.05) is 61.8 Å². The third kappa shape index (κ3) is 4.60. The van der Waals surface area contributed by atoms with Crippen LogP contribution < -0.4 is 0 Å². The van der Waals surface area contributed by atoms with Crippen molar-refractivity contribution in [2.45, 2.75) is 0 Å². The van der Waals surface area contributed by atoms with Crippen LogP contribution in [-0.2, 0) is 0 Å². The number of hydrogen-bond acceptors (Lipinski definition) is 5. The number of nitrogens with zero attached hydrogens (tertiary/aromatic N) is 3. The molecular formula is C45H27N3O2. The maximum Gasteiger partial charge on any atom is 0.160 e. The van der Waals surface area contributed by atoms with Crippen LogP contribution >= 0.6 is 0 Å². The van der Waals surface area contributed by atoms with Crippen molar-refractivity contribution in [3.05, 3.63) is 164 Å². The second-order valence-corrected chi connectivity index (χ2v) is 12.4. The standard InChI is InChI=1S/C45H27N3O2/c1-2-10-30(11-3-1)45-47-38(29-21-19-28(20-22-29)31-12-9-25-46-27-31)26-39(48-45)36-24-23-35(44-42(36)37-14-5-7-18-41(37)50-44)34-16-8-15-33-32-13-4-6-17-40(32)49-43(33)34/h1-27H. The van der Waals surface area contributed by atoms with Gasteiger partial charge in [-0.3, -0.25) is 4.98 Å². The molecule has 0 bridgehead atoms. The second-order valence-electron chi connectivity index (χ2n) is 12.4. The maximum atomic E-state index is 6.72. The van der Waals surface area contributed by atoms with E-state index in [2.05, 4.69) is 89.9 Å². The molecule has 0 saturated heterocycles. The van der Waals surface area contributed by atoms with Crippen molar-refractivity contribution < 1.29 is 8.83 Å². The van der Waals surface area contributed by atoms with Crippen LogP contribution in [0.5, 0.6) is 0 Å². The van der Waals surface area contributed by atoms with Gasteiger partial charge < -0.3 is 8.83 Å². The molecule has 5 nitrogen and oxygen atoms in total. The van der Waals surface area contributed by atoms with E-state index in [-0.39, 0.29) is 0 Å². The van der Waals surface area contributed by atoms with Crippen molar-refractivity contribution in [2.75, 3.05) is 0 Å². The lowest BCUT2D eigenvalue weighted by atomic mass is 9.95. The van der Waals surface area contributed by atoms with Gasteiger partial charge in [-0.15, -0.1) is 0 Å². The first-order valence-electron chi connectivity index (χ1n) is 16.6. The SMILES string of the molecule is c1ccc(-c2nc(-c3ccc(-c4cccnc4)cc3)cc(-c3ccc(-c4cccc5c4oc4ccccc45)c4oc5ccccc5c34)n2)cc1. The lowest BCUT2D eigenvalue weighted by molar-refractivity contribution is 0.665. The number of aromatic nitrogens is 3. The zero-order valence-corrected chi connectivity index (χ0v) is 26.7. The fourth-order valence-corrected chi connectivity index (χ4v) is 7.03.